The van der Waals surface area contributed by atoms with Gasteiger partial charge < -0.3 is 5.32 Å². The van der Waals surface area contributed by atoms with E-state index >= 15 is 0 Å². The van der Waals surface area contributed by atoms with E-state index < -0.39 is 6.17 Å². The summed E-state index contributed by atoms with van der Waals surface area (Å²) in [6.07, 6.45) is -0.464. The second-order valence-electron chi connectivity index (χ2n) is 2.40. The topological polar surface area (TPSA) is 29.1 Å². The van der Waals surface area contributed by atoms with Crippen LogP contribution in [0.4, 0.5) is 4.39 Å². The van der Waals surface area contributed by atoms with Crippen LogP contribution in [-0.2, 0) is 4.79 Å². The number of ketones is 1. The van der Waals surface area contributed by atoms with Crippen LogP contribution in [0.5, 0.6) is 0 Å². The lowest BCUT2D eigenvalue weighted by molar-refractivity contribution is -0.118. The van der Waals surface area contributed by atoms with Crippen LogP contribution in [0.25, 0.3) is 0 Å². The van der Waals surface area contributed by atoms with Gasteiger partial charge in [-0.3, -0.25) is 4.79 Å². The number of hydrogen-bond donors (Lipinski definition) is 1. The van der Waals surface area contributed by atoms with E-state index in [0.717, 1.165) is 0 Å². The Bertz CT molecular complexity index is 126. The quantitative estimate of drug-likeness (QED) is 0.553. The predicted octanol–water partition coefficient (Wildman–Crippen LogP) is 0.275. The summed E-state index contributed by atoms with van der Waals surface area (Å²) in [4.78, 5) is 10.6. The molecule has 0 amide bonds. The summed E-state index contributed by atoms with van der Waals surface area (Å²) in [5.74, 6) is 0.0372. The van der Waals surface area contributed by atoms with Gasteiger partial charge in [-0.05, 0) is 6.92 Å². The Morgan fingerprint density at radius 1 is 1.78 bits per heavy atom. The van der Waals surface area contributed by atoms with Gasteiger partial charge in [0.25, 0.3) is 0 Å². The highest BCUT2D eigenvalue weighted by Gasteiger charge is 2.26. The van der Waals surface area contributed by atoms with Crippen LogP contribution >= 0.6 is 0 Å². The SMILES string of the molecule is CC(=O)[C@@H]1C[C@@H](F)CN1. The minimum Gasteiger partial charge on any atom is -0.304 e. The summed E-state index contributed by atoms with van der Waals surface area (Å²) in [6, 6.07) is -0.222. The maximum atomic E-state index is 12.3. The van der Waals surface area contributed by atoms with Crippen LogP contribution in [0.3, 0.4) is 0 Å². The van der Waals surface area contributed by atoms with Gasteiger partial charge in [0, 0.05) is 13.0 Å². The fourth-order valence-electron chi connectivity index (χ4n) is 1.00. The van der Waals surface area contributed by atoms with Crippen LogP contribution in [0.15, 0.2) is 0 Å². The van der Waals surface area contributed by atoms with Gasteiger partial charge in [0.05, 0.1) is 6.04 Å². The van der Waals surface area contributed by atoms with Crippen LogP contribution in [-0.4, -0.2) is 24.5 Å². The first-order chi connectivity index (χ1) is 4.20. The molecule has 1 aliphatic heterocycles. The average molecular weight is 131 g/mol. The highest BCUT2D eigenvalue weighted by molar-refractivity contribution is 5.81. The molecule has 0 radical (unpaired) electrons. The number of alkyl halides is 1. The Kier molecular flexibility index (Phi) is 1.81. The van der Waals surface area contributed by atoms with Crippen molar-refractivity contribution in [2.45, 2.75) is 25.6 Å². The average Bonchev–Trinajstić information content (AvgIpc) is 2.14. The van der Waals surface area contributed by atoms with Crippen molar-refractivity contribution in [3.8, 4) is 0 Å². The molecule has 0 aromatic rings. The molecule has 1 heterocycles. The van der Waals surface area contributed by atoms with Gasteiger partial charge in [-0.1, -0.05) is 0 Å². The molecule has 1 aliphatic rings. The molecule has 0 saturated carbocycles. The normalized spacial score (nSPS) is 34.9. The van der Waals surface area contributed by atoms with Crippen molar-refractivity contribution >= 4 is 5.78 Å². The van der Waals surface area contributed by atoms with Crippen molar-refractivity contribution in [3.05, 3.63) is 0 Å². The zero-order valence-corrected chi connectivity index (χ0v) is 5.36. The Labute approximate surface area is 53.4 Å². The fourth-order valence-corrected chi connectivity index (χ4v) is 1.00. The minimum atomic E-state index is -0.820. The fraction of sp³-hybridized carbons (Fsp3) is 0.833. The van der Waals surface area contributed by atoms with Crippen LogP contribution < -0.4 is 5.32 Å². The van der Waals surface area contributed by atoms with E-state index in [9.17, 15) is 9.18 Å². The first-order valence-electron chi connectivity index (χ1n) is 3.08. The predicted molar refractivity (Wildman–Crippen MR) is 32.0 cm³/mol. The van der Waals surface area contributed by atoms with E-state index in [1.54, 1.807) is 0 Å². The molecule has 0 unspecified atom stereocenters. The van der Waals surface area contributed by atoms with Gasteiger partial charge in [-0.2, -0.15) is 0 Å². The number of carbonyl (C=O) groups is 1. The minimum absolute atomic E-state index is 0.0372. The largest absolute Gasteiger partial charge is 0.304 e. The molecule has 0 bridgehead atoms. The molecule has 9 heavy (non-hydrogen) atoms. The van der Waals surface area contributed by atoms with Gasteiger partial charge in [-0.25, -0.2) is 4.39 Å². The van der Waals surface area contributed by atoms with Crippen LogP contribution in [0.2, 0.25) is 0 Å². The Hall–Kier alpha value is -0.440. The number of Topliss-reactive ketones (excluding diaryl/α,β-unsaturated/α-hetero) is 1. The third-order valence-electron chi connectivity index (χ3n) is 1.57. The molecule has 0 spiro atoms. The summed E-state index contributed by atoms with van der Waals surface area (Å²) in [5, 5.41) is 2.78. The van der Waals surface area contributed by atoms with Crippen molar-refractivity contribution < 1.29 is 9.18 Å². The maximum absolute atomic E-state index is 12.3. The van der Waals surface area contributed by atoms with Gasteiger partial charge in [0.1, 0.15) is 12.0 Å². The number of halogens is 1. The molecular formula is C6H10FNO. The summed E-state index contributed by atoms with van der Waals surface area (Å²) in [5.41, 5.74) is 0. The number of carbonyl (C=O) groups excluding carboxylic acids is 1. The molecule has 1 fully saturated rings. The van der Waals surface area contributed by atoms with Crippen molar-refractivity contribution in [2.24, 2.45) is 0 Å². The molecule has 0 aromatic heterocycles. The second-order valence-corrected chi connectivity index (χ2v) is 2.40. The van der Waals surface area contributed by atoms with Crippen molar-refractivity contribution in [1.82, 2.24) is 5.32 Å². The third kappa shape index (κ3) is 1.48. The monoisotopic (exact) mass is 131 g/mol. The molecular weight excluding hydrogens is 121 g/mol. The molecule has 2 nitrogen and oxygen atoms in total. The number of nitrogens with one attached hydrogen (secondary N) is 1. The lowest BCUT2D eigenvalue weighted by Crippen LogP contribution is -2.28. The van der Waals surface area contributed by atoms with E-state index in [2.05, 4.69) is 5.32 Å². The smallest absolute Gasteiger partial charge is 0.146 e. The number of hydrogen-bond acceptors (Lipinski definition) is 2. The van der Waals surface area contributed by atoms with Gasteiger partial charge in [0.15, 0.2) is 0 Å². The molecule has 0 aromatic carbocycles. The molecule has 1 rings (SSSR count). The molecule has 2 atom stereocenters. The standard InChI is InChI=1S/C6H10FNO/c1-4(9)6-2-5(7)3-8-6/h5-6,8H,2-3H2,1H3/t5-,6+/m1/s1. The summed E-state index contributed by atoms with van der Waals surface area (Å²) in [7, 11) is 0. The number of rotatable bonds is 1. The molecule has 3 heteroatoms. The molecule has 52 valence electrons. The summed E-state index contributed by atoms with van der Waals surface area (Å²) >= 11 is 0. The van der Waals surface area contributed by atoms with E-state index in [1.165, 1.54) is 6.92 Å². The summed E-state index contributed by atoms with van der Waals surface area (Å²) in [6.45, 7) is 1.82. The van der Waals surface area contributed by atoms with Gasteiger partial charge in [0.2, 0.25) is 0 Å². The highest BCUT2D eigenvalue weighted by atomic mass is 19.1. The van der Waals surface area contributed by atoms with Crippen molar-refractivity contribution in [3.63, 3.8) is 0 Å². The van der Waals surface area contributed by atoms with Crippen LogP contribution in [0.1, 0.15) is 13.3 Å². The summed E-state index contributed by atoms with van der Waals surface area (Å²) < 4.78 is 12.3. The maximum Gasteiger partial charge on any atom is 0.146 e. The van der Waals surface area contributed by atoms with E-state index in [4.69, 9.17) is 0 Å². The van der Waals surface area contributed by atoms with Gasteiger partial charge >= 0.3 is 0 Å². The molecule has 1 saturated heterocycles. The van der Waals surface area contributed by atoms with E-state index in [-0.39, 0.29) is 11.8 Å². The Morgan fingerprint density at radius 2 is 2.44 bits per heavy atom. The highest BCUT2D eigenvalue weighted by Crippen LogP contribution is 2.09. The lowest BCUT2D eigenvalue weighted by Gasteiger charge is -2.01. The zero-order chi connectivity index (χ0) is 6.85. The van der Waals surface area contributed by atoms with E-state index in [0.29, 0.717) is 13.0 Å². The first kappa shape index (κ1) is 6.68. The van der Waals surface area contributed by atoms with E-state index in [1.807, 2.05) is 0 Å². The molecule has 0 aliphatic carbocycles. The third-order valence-corrected chi connectivity index (χ3v) is 1.57. The van der Waals surface area contributed by atoms with Gasteiger partial charge in [-0.15, -0.1) is 0 Å². The van der Waals surface area contributed by atoms with Crippen molar-refractivity contribution in [2.75, 3.05) is 6.54 Å². The lowest BCUT2D eigenvalue weighted by atomic mass is 10.1. The van der Waals surface area contributed by atoms with Crippen molar-refractivity contribution in [1.29, 1.82) is 0 Å². The molecule has 1 N–H and O–H groups in total. The zero-order valence-electron chi connectivity index (χ0n) is 5.36. The first-order valence-corrected chi connectivity index (χ1v) is 3.08. The Balaban J connectivity index is 2.39. The van der Waals surface area contributed by atoms with Crippen LogP contribution in [0, 0.1) is 0 Å². The Morgan fingerprint density at radius 3 is 2.67 bits per heavy atom. The second kappa shape index (κ2) is 2.43.